The average Bonchev–Trinajstić information content (AvgIpc) is 2.77. The molecule has 0 atom stereocenters. The number of hydrogen-bond acceptors (Lipinski definition) is 4. The van der Waals surface area contributed by atoms with E-state index in [1.165, 1.54) is 0 Å². The molecule has 2 aromatic rings. The Kier molecular flexibility index (Phi) is 9.73. The molecular formula is C25H34N4O3. The summed E-state index contributed by atoms with van der Waals surface area (Å²) in [5, 5.41) is 8.70. The molecule has 2 rings (SSSR count). The molecule has 3 N–H and O–H groups in total. The van der Waals surface area contributed by atoms with E-state index in [9.17, 15) is 14.4 Å². The van der Waals surface area contributed by atoms with Gasteiger partial charge in [0, 0.05) is 41.6 Å². The number of rotatable bonds is 11. The van der Waals surface area contributed by atoms with Crippen molar-refractivity contribution in [3.05, 3.63) is 59.7 Å². The standard InChI is InChI=1S/C25H34N4O3/c1-5-15-29(16-6-2)25(32)20-9-13-22(14-10-20)28-23(30)17-26-21-11-7-19(8-12-21)24(31)27-18(3)4/h7-14,18,26H,5-6,15-17H2,1-4H3,(H,27,31)(H,28,30). The first kappa shape index (κ1) is 24.9. The lowest BCUT2D eigenvalue weighted by molar-refractivity contribution is -0.114. The van der Waals surface area contributed by atoms with E-state index in [0.717, 1.165) is 31.6 Å². The van der Waals surface area contributed by atoms with E-state index in [1.54, 1.807) is 48.5 Å². The van der Waals surface area contributed by atoms with Gasteiger partial charge in [-0.1, -0.05) is 13.8 Å². The molecule has 7 heteroatoms. The zero-order valence-electron chi connectivity index (χ0n) is 19.4. The smallest absolute Gasteiger partial charge is 0.253 e. The summed E-state index contributed by atoms with van der Waals surface area (Å²) in [6.45, 7) is 9.48. The Hall–Kier alpha value is -3.35. The molecule has 7 nitrogen and oxygen atoms in total. The van der Waals surface area contributed by atoms with Gasteiger partial charge in [-0.05, 0) is 75.2 Å². The van der Waals surface area contributed by atoms with Crippen LogP contribution in [0.5, 0.6) is 0 Å². The molecule has 0 spiro atoms. The van der Waals surface area contributed by atoms with Gasteiger partial charge in [0.05, 0.1) is 6.54 Å². The monoisotopic (exact) mass is 438 g/mol. The second-order valence-corrected chi connectivity index (χ2v) is 7.98. The van der Waals surface area contributed by atoms with E-state index in [4.69, 9.17) is 0 Å². The van der Waals surface area contributed by atoms with Gasteiger partial charge in [0.15, 0.2) is 0 Å². The number of amides is 3. The third-order valence-corrected chi connectivity index (χ3v) is 4.71. The number of nitrogens with zero attached hydrogens (tertiary/aromatic N) is 1. The molecule has 2 aromatic carbocycles. The van der Waals surface area contributed by atoms with Gasteiger partial charge in [-0.25, -0.2) is 0 Å². The average molecular weight is 439 g/mol. The van der Waals surface area contributed by atoms with Crippen molar-refractivity contribution >= 4 is 29.1 Å². The normalized spacial score (nSPS) is 10.5. The van der Waals surface area contributed by atoms with Crippen LogP contribution >= 0.6 is 0 Å². The van der Waals surface area contributed by atoms with E-state index < -0.39 is 0 Å². The predicted molar refractivity (Wildman–Crippen MR) is 129 cm³/mol. The van der Waals surface area contributed by atoms with Crippen molar-refractivity contribution in [2.24, 2.45) is 0 Å². The molecule has 0 saturated heterocycles. The Balaban J connectivity index is 1.86. The molecule has 0 aliphatic heterocycles. The SMILES string of the molecule is CCCN(CCC)C(=O)c1ccc(NC(=O)CNc2ccc(C(=O)NC(C)C)cc2)cc1. The minimum absolute atomic E-state index is 0.0127. The van der Waals surface area contributed by atoms with Gasteiger partial charge in [-0.3, -0.25) is 14.4 Å². The molecule has 0 aliphatic rings. The Morgan fingerprint density at radius 3 is 1.88 bits per heavy atom. The van der Waals surface area contributed by atoms with Crippen LogP contribution < -0.4 is 16.0 Å². The molecule has 0 fully saturated rings. The zero-order valence-corrected chi connectivity index (χ0v) is 19.4. The lowest BCUT2D eigenvalue weighted by atomic mass is 10.1. The summed E-state index contributed by atoms with van der Waals surface area (Å²) in [5.41, 5.74) is 2.56. The fourth-order valence-electron chi connectivity index (χ4n) is 3.21. The first-order valence-electron chi connectivity index (χ1n) is 11.2. The quantitative estimate of drug-likeness (QED) is 0.492. The number of anilines is 2. The molecule has 0 saturated carbocycles. The van der Waals surface area contributed by atoms with Crippen LogP contribution in [0, 0.1) is 0 Å². The van der Waals surface area contributed by atoms with Crippen LogP contribution in [0.4, 0.5) is 11.4 Å². The van der Waals surface area contributed by atoms with E-state index >= 15 is 0 Å². The zero-order chi connectivity index (χ0) is 23.5. The Morgan fingerprint density at radius 1 is 0.812 bits per heavy atom. The summed E-state index contributed by atoms with van der Waals surface area (Å²) in [4.78, 5) is 38.7. The number of carbonyl (C=O) groups excluding carboxylic acids is 3. The highest BCUT2D eigenvalue weighted by molar-refractivity contribution is 5.97. The number of benzene rings is 2. The van der Waals surface area contributed by atoms with E-state index in [2.05, 4.69) is 29.8 Å². The number of nitrogens with one attached hydrogen (secondary N) is 3. The van der Waals surface area contributed by atoms with Gasteiger partial charge in [0.25, 0.3) is 11.8 Å². The van der Waals surface area contributed by atoms with Crippen molar-refractivity contribution in [2.75, 3.05) is 30.3 Å². The van der Waals surface area contributed by atoms with Crippen LogP contribution in [0.15, 0.2) is 48.5 Å². The molecule has 0 radical (unpaired) electrons. The maximum atomic E-state index is 12.6. The highest BCUT2D eigenvalue weighted by Gasteiger charge is 2.14. The molecular weight excluding hydrogens is 404 g/mol. The van der Waals surface area contributed by atoms with Crippen molar-refractivity contribution in [1.82, 2.24) is 10.2 Å². The van der Waals surface area contributed by atoms with E-state index in [-0.39, 0.29) is 30.3 Å². The third-order valence-electron chi connectivity index (χ3n) is 4.71. The minimum Gasteiger partial charge on any atom is -0.376 e. The molecule has 3 amide bonds. The summed E-state index contributed by atoms with van der Waals surface area (Å²) in [7, 11) is 0. The Labute approximate surface area is 190 Å². The molecule has 0 unspecified atom stereocenters. The van der Waals surface area contributed by atoms with Gasteiger partial charge in [-0.15, -0.1) is 0 Å². The van der Waals surface area contributed by atoms with Crippen LogP contribution in [-0.4, -0.2) is 48.3 Å². The summed E-state index contributed by atoms with van der Waals surface area (Å²) in [6.07, 6.45) is 1.83. The fourth-order valence-corrected chi connectivity index (χ4v) is 3.21. The summed E-state index contributed by atoms with van der Waals surface area (Å²) >= 11 is 0. The fraction of sp³-hybridized carbons (Fsp3) is 0.400. The lowest BCUT2D eigenvalue weighted by Gasteiger charge is -2.21. The van der Waals surface area contributed by atoms with Gasteiger partial charge >= 0.3 is 0 Å². The maximum absolute atomic E-state index is 12.6. The molecule has 0 aliphatic carbocycles. The molecule has 0 heterocycles. The lowest BCUT2D eigenvalue weighted by Crippen LogP contribution is -2.32. The van der Waals surface area contributed by atoms with Crippen molar-refractivity contribution < 1.29 is 14.4 Å². The second kappa shape index (κ2) is 12.5. The van der Waals surface area contributed by atoms with Gasteiger partial charge < -0.3 is 20.9 Å². The molecule has 32 heavy (non-hydrogen) atoms. The van der Waals surface area contributed by atoms with Crippen molar-refractivity contribution in [1.29, 1.82) is 0 Å². The van der Waals surface area contributed by atoms with Gasteiger partial charge in [0.2, 0.25) is 5.91 Å². The van der Waals surface area contributed by atoms with Crippen LogP contribution in [0.3, 0.4) is 0 Å². The van der Waals surface area contributed by atoms with Gasteiger partial charge in [0.1, 0.15) is 0 Å². The second-order valence-electron chi connectivity index (χ2n) is 7.98. The number of carbonyl (C=O) groups is 3. The minimum atomic E-state index is -0.204. The largest absolute Gasteiger partial charge is 0.376 e. The maximum Gasteiger partial charge on any atom is 0.253 e. The topological polar surface area (TPSA) is 90.5 Å². The first-order chi connectivity index (χ1) is 15.3. The van der Waals surface area contributed by atoms with Crippen molar-refractivity contribution in [3.63, 3.8) is 0 Å². The summed E-state index contributed by atoms with van der Waals surface area (Å²) in [5.74, 6) is -0.318. The Bertz CT molecular complexity index is 886. The highest BCUT2D eigenvalue weighted by Crippen LogP contribution is 2.13. The van der Waals surface area contributed by atoms with Crippen LogP contribution in [0.1, 0.15) is 61.3 Å². The van der Waals surface area contributed by atoms with Crippen molar-refractivity contribution in [3.8, 4) is 0 Å². The third kappa shape index (κ3) is 7.72. The highest BCUT2D eigenvalue weighted by atomic mass is 16.2. The van der Waals surface area contributed by atoms with E-state index in [0.29, 0.717) is 16.8 Å². The summed E-state index contributed by atoms with van der Waals surface area (Å²) in [6, 6.07) is 14.0. The Morgan fingerprint density at radius 2 is 1.34 bits per heavy atom. The predicted octanol–water partition coefficient (Wildman–Crippen LogP) is 4.14. The van der Waals surface area contributed by atoms with E-state index in [1.807, 2.05) is 18.7 Å². The van der Waals surface area contributed by atoms with Gasteiger partial charge in [-0.2, -0.15) is 0 Å². The summed E-state index contributed by atoms with van der Waals surface area (Å²) < 4.78 is 0. The van der Waals surface area contributed by atoms with Crippen LogP contribution in [-0.2, 0) is 4.79 Å². The first-order valence-corrected chi connectivity index (χ1v) is 11.2. The number of hydrogen-bond donors (Lipinski definition) is 3. The van der Waals surface area contributed by atoms with Crippen molar-refractivity contribution in [2.45, 2.75) is 46.6 Å². The van der Waals surface area contributed by atoms with Crippen LogP contribution in [0.2, 0.25) is 0 Å². The molecule has 0 aromatic heterocycles. The molecule has 0 bridgehead atoms. The van der Waals surface area contributed by atoms with Crippen LogP contribution in [0.25, 0.3) is 0 Å². The molecule has 172 valence electrons.